The first-order valence-corrected chi connectivity index (χ1v) is 6.26. The number of benzene rings is 1. The first kappa shape index (κ1) is 15.2. The molecule has 1 heterocycles. The maximum absolute atomic E-state index is 12.7. The van der Waals surface area contributed by atoms with Crippen LogP contribution in [-0.4, -0.2) is 11.1 Å². The molecule has 2 aromatic rings. The fourth-order valence-electron chi connectivity index (χ4n) is 1.98. The van der Waals surface area contributed by atoms with Gasteiger partial charge in [-0.2, -0.15) is 13.2 Å². The number of halogens is 3. The third kappa shape index (κ3) is 3.65. The SMILES string of the molecule is CC(CC(=O)O)c1ccc(-c2cccc(C(F)(F)F)c2)o1. The van der Waals surface area contributed by atoms with Gasteiger partial charge in [0.05, 0.1) is 12.0 Å². The topological polar surface area (TPSA) is 50.4 Å². The lowest BCUT2D eigenvalue weighted by Crippen LogP contribution is -2.04. The molecule has 2 rings (SSSR count). The minimum atomic E-state index is -4.41. The van der Waals surface area contributed by atoms with Crippen LogP contribution in [0.2, 0.25) is 0 Å². The van der Waals surface area contributed by atoms with Crippen molar-refractivity contribution in [1.29, 1.82) is 0 Å². The van der Waals surface area contributed by atoms with Crippen LogP contribution in [0.3, 0.4) is 0 Å². The van der Waals surface area contributed by atoms with Gasteiger partial charge in [0.1, 0.15) is 11.5 Å². The Morgan fingerprint density at radius 3 is 2.62 bits per heavy atom. The molecule has 0 amide bonds. The summed E-state index contributed by atoms with van der Waals surface area (Å²) in [4.78, 5) is 10.6. The van der Waals surface area contributed by atoms with E-state index in [1.165, 1.54) is 12.1 Å². The number of carbonyl (C=O) groups is 1. The molecule has 1 aromatic heterocycles. The number of alkyl halides is 3. The van der Waals surface area contributed by atoms with E-state index < -0.39 is 17.7 Å². The van der Waals surface area contributed by atoms with Crippen LogP contribution < -0.4 is 0 Å². The zero-order valence-corrected chi connectivity index (χ0v) is 11.1. The van der Waals surface area contributed by atoms with E-state index in [-0.39, 0.29) is 18.1 Å². The van der Waals surface area contributed by atoms with Gasteiger partial charge < -0.3 is 9.52 Å². The first-order chi connectivity index (χ1) is 9.77. The first-order valence-electron chi connectivity index (χ1n) is 6.26. The Balaban J connectivity index is 2.28. The van der Waals surface area contributed by atoms with Crippen LogP contribution in [0.1, 0.15) is 30.6 Å². The maximum atomic E-state index is 12.7. The Kier molecular flexibility index (Phi) is 4.06. The van der Waals surface area contributed by atoms with Crippen molar-refractivity contribution in [3.8, 4) is 11.3 Å². The standard InChI is InChI=1S/C15H13F3O3/c1-9(7-14(19)20)12-5-6-13(21-12)10-3-2-4-11(8-10)15(16,17)18/h2-6,8-9H,7H2,1H3,(H,19,20). The predicted octanol–water partition coefficient (Wildman–Crippen LogP) is 4.54. The summed E-state index contributed by atoms with van der Waals surface area (Å²) in [5, 5.41) is 8.73. The van der Waals surface area contributed by atoms with Gasteiger partial charge in [0.15, 0.2) is 0 Å². The van der Waals surface area contributed by atoms with Crippen molar-refractivity contribution < 1.29 is 27.5 Å². The molecule has 0 aliphatic rings. The average molecular weight is 298 g/mol. The Morgan fingerprint density at radius 1 is 1.29 bits per heavy atom. The van der Waals surface area contributed by atoms with E-state index in [2.05, 4.69) is 0 Å². The van der Waals surface area contributed by atoms with Crippen molar-refractivity contribution in [2.45, 2.75) is 25.4 Å². The molecule has 0 fully saturated rings. The molecule has 0 aliphatic carbocycles. The lowest BCUT2D eigenvalue weighted by molar-refractivity contribution is -0.138. The number of hydrogen-bond acceptors (Lipinski definition) is 2. The average Bonchev–Trinajstić information content (AvgIpc) is 2.86. The lowest BCUT2D eigenvalue weighted by Gasteiger charge is -2.08. The van der Waals surface area contributed by atoms with E-state index in [1.54, 1.807) is 19.1 Å². The molecule has 1 unspecified atom stereocenters. The zero-order chi connectivity index (χ0) is 15.6. The second-order valence-electron chi connectivity index (χ2n) is 4.78. The van der Waals surface area contributed by atoms with Crippen LogP contribution in [0.15, 0.2) is 40.8 Å². The highest BCUT2D eigenvalue weighted by molar-refractivity contribution is 5.68. The van der Waals surface area contributed by atoms with Crippen molar-refractivity contribution in [2.75, 3.05) is 0 Å². The zero-order valence-electron chi connectivity index (χ0n) is 11.1. The molecule has 0 aliphatic heterocycles. The Morgan fingerprint density at radius 2 is 2.00 bits per heavy atom. The second-order valence-corrected chi connectivity index (χ2v) is 4.78. The van der Waals surface area contributed by atoms with Crippen molar-refractivity contribution in [2.24, 2.45) is 0 Å². The molecule has 1 N–H and O–H groups in total. The van der Waals surface area contributed by atoms with Crippen molar-refractivity contribution in [3.63, 3.8) is 0 Å². The second kappa shape index (κ2) is 5.63. The van der Waals surface area contributed by atoms with E-state index in [0.29, 0.717) is 11.3 Å². The predicted molar refractivity (Wildman–Crippen MR) is 69.8 cm³/mol. The van der Waals surface area contributed by atoms with E-state index in [9.17, 15) is 18.0 Å². The van der Waals surface area contributed by atoms with Gasteiger partial charge in [-0.15, -0.1) is 0 Å². The molecule has 0 saturated heterocycles. The highest BCUT2D eigenvalue weighted by Gasteiger charge is 2.30. The van der Waals surface area contributed by atoms with Crippen LogP contribution in [-0.2, 0) is 11.0 Å². The van der Waals surface area contributed by atoms with E-state index >= 15 is 0 Å². The molecular formula is C15H13F3O3. The molecule has 3 nitrogen and oxygen atoms in total. The summed E-state index contributed by atoms with van der Waals surface area (Å²) in [7, 11) is 0. The van der Waals surface area contributed by atoms with Gasteiger partial charge in [0.25, 0.3) is 0 Å². The van der Waals surface area contributed by atoms with Gasteiger partial charge in [-0.3, -0.25) is 4.79 Å². The van der Waals surface area contributed by atoms with Crippen LogP contribution in [0.25, 0.3) is 11.3 Å². The van der Waals surface area contributed by atoms with Crippen molar-refractivity contribution in [3.05, 3.63) is 47.7 Å². The summed E-state index contributed by atoms with van der Waals surface area (Å²) >= 11 is 0. The fourth-order valence-corrected chi connectivity index (χ4v) is 1.98. The van der Waals surface area contributed by atoms with Gasteiger partial charge in [-0.05, 0) is 24.3 Å². The fraction of sp³-hybridized carbons (Fsp3) is 0.267. The Hall–Kier alpha value is -2.24. The largest absolute Gasteiger partial charge is 0.481 e. The number of furan rings is 1. The van der Waals surface area contributed by atoms with E-state index in [4.69, 9.17) is 9.52 Å². The van der Waals surface area contributed by atoms with E-state index in [1.807, 2.05) is 0 Å². The smallest absolute Gasteiger partial charge is 0.416 e. The van der Waals surface area contributed by atoms with Gasteiger partial charge in [0, 0.05) is 11.5 Å². The number of carboxylic acid groups (broad SMARTS) is 1. The maximum Gasteiger partial charge on any atom is 0.416 e. The normalized spacial score (nSPS) is 13.1. The van der Waals surface area contributed by atoms with E-state index in [0.717, 1.165) is 12.1 Å². The minimum absolute atomic E-state index is 0.102. The van der Waals surface area contributed by atoms with Crippen LogP contribution >= 0.6 is 0 Å². The summed E-state index contributed by atoms with van der Waals surface area (Å²) in [5.74, 6) is -0.584. The summed E-state index contributed by atoms with van der Waals surface area (Å²) < 4.78 is 43.5. The number of rotatable bonds is 4. The minimum Gasteiger partial charge on any atom is -0.481 e. The molecular weight excluding hydrogens is 285 g/mol. The van der Waals surface area contributed by atoms with Crippen LogP contribution in [0.5, 0.6) is 0 Å². The molecule has 0 radical (unpaired) electrons. The monoisotopic (exact) mass is 298 g/mol. The molecule has 1 aromatic carbocycles. The molecule has 0 spiro atoms. The number of aliphatic carboxylic acids is 1. The molecule has 21 heavy (non-hydrogen) atoms. The van der Waals surface area contributed by atoms with Crippen LogP contribution in [0, 0.1) is 0 Å². The summed E-state index contributed by atoms with van der Waals surface area (Å²) in [6, 6.07) is 7.94. The van der Waals surface area contributed by atoms with Gasteiger partial charge in [-0.25, -0.2) is 0 Å². The van der Waals surface area contributed by atoms with Crippen LogP contribution in [0.4, 0.5) is 13.2 Å². The molecule has 0 saturated carbocycles. The number of hydrogen-bond donors (Lipinski definition) is 1. The molecule has 112 valence electrons. The molecule has 0 bridgehead atoms. The van der Waals surface area contributed by atoms with Crippen molar-refractivity contribution in [1.82, 2.24) is 0 Å². The third-order valence-corrected chi connectivity index (χ3v) is 3.07. The Labute approximate surface area is 119 Å². The van der Waals surface area contributed by atoms with Gasteiger partial charge in [0.2, 0.25) is 0 Å². The summed E-state index contributed by atoms with van der Waals surface area (Å²) in [6.45, 7) is 1.68. The quantitative estimate of drug-likeness (QED) is 0.901. The third-order valence-electron chi connectivity index (χ3n) is 3.07. The molecule has 6 heteroatoms. The number of carboxylic acids is 1. The Bertz CT molecular complexity index is 644. The van der Waals surface area contributed by atoms with Crippen molar-refractivity contribution >= 4 is 5.97 Å². The molecule has 1 atom stereocenters. The highest BCUT2D eigenvalue weighted by Crippen LogP contribution is 2.33. The van der Waals surface area contributed by atoms with Gasteiger partial charge >= 0.3 is 12.1 Å². The summed E-state index contributed by atoms with van der Waals surface area (Å²) in [5.41, 5.74) is -0.449. The summed E-state index contributed by atoms with van der Waals surface area (Å²) in [6.07, 6.45) is -4.52. The lowest BCUT2D eigenvalue weighted by atomic mass is 10.1. The highest BCUT2D eigenvalue weighted by atomic mass is 19.4. The van der Waals surface area contributed by atoms with Gasteiger partial charge in [-0.1, -0.05) is 19.1 Å².